The normalized spacial score (nSPS) is 28.7. The Morgan fingerprint density at radius 1 is 1.44 bits per heavy atom. The van der Waals surface area contributed by atoms with Crippen LogP contribution in [-0.4, -0.2) is 28.9 Å². The summed E-state index contributed by atoms with van der Waals surface area (Å²) in [4.78, 5) is 0. The molecule has 0 radical (unpaired) electrons. The van der Waals surface area contributed by atoms with E-state index in [1.54, 1.807) is 7.11 Å². The van der Waals surface area contributed by atoms with E-state index < -0.39 is 10.8 Å². The SMILES string of the molecule is COc1ccc(C)cc1C1CS(=O)CCC(C)N1. The first-order valence-electron chi connectivity index (χ1n) is 6.35. The molecule has 100 valence electrons. The quantitative estimate of drug-likeness (QED) is 0.892. The summed E-state index contributed by atoms with van der Waals surface area (Å²) >= 11 is 0. The second kappa shape index (κ2) is 5.85. The smallest absolute Gasteiger partial charge is 0.123 e. The molecule has 1 N–H and O–H groups in total. The van der Waals surface area contributed by atoms with Gasteiger partial charge >= 0.3 is 0 Å². The fraction of sp³-hybridized carbons (Fsp3) is 0.571. The largest absolute Gasteiger partial charge is 0.496 e. The van der Waals surface area contributed by atoms with E-state index in [0.717, 1.165) is 23.5 Å². The Morgan fingerprint density at radius 3 is 2.94 bits per heavy atom. The van der Waals surface area contributed by atoms with Crippen LogP contribution in [0.4, 0.5) is 0 Å². The molecule has 0 bridgehead atoms. The van der Waals surface area contributed by atoms with E-state index in [-0.39, 0.29) is 6.04 Å². The van der Waals surface area contributed by atoms with Gasteiger partial charge in [-0.05, 0) is 26.3 Å². The van der Waals surface area contributed by atoms with Gasteiger partial charge in [0.25, 0.3) is 0 Å². The lowest BCUT2D eigenvalue weighted by atomic mass is 10.0. The van der Waals surface area contributed by atoms with Crippen LogP contribution < -0.4 is 10.1 Å². The first-order valence-corrected chi connectivity index (χ1v) is 7.84. The Morgan fingerprint density at radius 2 is 2.22 bits per heavy atom. The van der Waals surface area contributed by atoms with Gasteiger partial charge in [-0.15, -0.1) is 0 Å². The highest BCUT2D eigenvalue weighted by atomic mass is 32.2. The second-order valence-corrected chi connectivity index (χ2v) is 6.59. The molecule has 18 heavy (non-hydrogen) atoms. The third kappa shape index (κ3) is 3.12. The standard InChI is InChI=1S/C14H21NO2S/c1-10-4-5-14(17-3)12(8-10)13-9-18(16)7-6-11(2)15-13/h4-5,8,11,13,15H,6-7,9H2,1-3H3. The third-order valence-corrected chi connectivity index (χ3v) is 4.77. The Labute approximate surface area is 111 Å². The van der Waals surface area contributed by atoms with Gasteiger partial charge in [-0.1, -0.05) is 17.7 Å². The number of rotatable bonds is 2. The lowest BCUT2D eigenvalue weighted by molar-refractivity contribution is 0.396. The molecule has 0 amide bonds. The van der Waals surface area contributed by atoms with Crippen LogP contribution in [0.5, 0.6) is 5.75 Å². The van der Waals surface area contributed by atoms with Gasteiger partial charge in [0.05, 0.1) is 7.11 Å². The zero-order valence-electron chi connectivity index (χ0n) is 11.2. The summed E-state index contributed by atoms with van der Waals surface area (Å²) in [5.41, 5.74) is 2.33. The van der Waals surface area contributed by atoms with Crippen LogP contribution in [0.15, 0.2) is 18.2 Å². The molecule has 1 saturated heterocycles. The molecule has 0 saturated carbocycles. The van der Waals surface area contributed by atoms with E-state index in [4.69, 9.17) is 4.74 Å². The number of nitrogens with one attached hydrogen (secondary N) is 1. The van der Waals surface area contributed by atoms with Crippen LogP contribution >= 0.6 is 0 Å². The summed E-state index contributed by atoms with van der Waals surface area (Å²) in [6, 6.07) is 6.68. The highest BCUT2D eigenvalue weighted by Gasteiger charge is 2.24. The zero-order chi connectivity index (χ0) is 13.1. The number of benzene rings is 1. The topological polar surface area (TPSA) is 38.3 Å². The van der Waals surface area contributed by atoms with Crippen molar-refractivity contribution in [2.75, 3.05) is 18.6 Å². The Hall–Kier alpha value is -0.870. The third-order valence-electron chi connectivity index (χ3n) is 3.38. The first kappa shape index (κ1) is 13.6. The van der Waals surface area contributed by atoms with Crippen molar-refractivity contribution in [3.8, 4) is 5.75 Å². The summed E-state index contributed by atoms with van der Waals surface area (Å²) < 4.78 is 17.4. The molecule has 1 heterocycles. The molecule has 1 aromatic carbocycles. The van der Waals surface area contributed by atoms with Crippen LogP contribution in [-0.2, 0) is 10.8 Å². The Kier molecular flexibility index (Phi) is 4.40. The van der Waals surface area contributed by atoms with Crippen molar-refractivity contribution in [1.82, 2.24) is 5.32 Å². The molecule has 0 aliphatic carbocycles. The maximum absolute atomic E-state index is 11.9. The minimum Gasteiger partial charge on any atom is -0.496 e. The molecule has 1 fully saturated rings. The molecule has 2 rings (SSSR count). The van der Waals surface area contributed by atoms with Crippen molar-refractivity contribution in [2.45, 2.75) is 32.4 Å². The highest BCUT2D eigenvalue weighted by molar-refractivity contribution is 7.85. The van der Waals surface area contributed by atoms with Crippen molar-refractivity contribution in [3.05, 3.63) is 29.3 Å². The van der Waals surface area contributed by atoms with E-state index in [1.165, 1.54) is 5.56 Å². The van der Waals surface area contributed by atoms with E-state index in [2.05, 4.69) is 25.2 Å². The van der Waals surface area contributed by atoms with Gasteiger partial charge in [0, 0.05) is 40.0 Å². The van der Waals surface area contributed by atoms with Crippen molar-refractivity contribution in [3.63, 3.8) is 0 Å². The van der Waals surface area contributed by atoms with Gasteiger partial charge in [-0.3, -0.25) is 4.21 Å². The molecular formula is C14H21NO2S. The number of methoxy groups -OCH3 is 1. The predicted molar refractivity (Wildman–Crippen MR) is 75.6 cm³/mol. The van der Waals surface area contributed by atoms with Gasteiger partial charge in [0.15, 0.2) is 0 Å². The van der Waals surface area contributed by atoms with Gasteiger partial charge in [0.2, 0.25) is 0 Å². The van der Waals surface area contributed by atoms with Crippen molar-refractivity contribution in [2.24, 2.45) is 0 Å². The molecule has 0 spiro atoms. The summed E-state index contributed by atoms with van der Waals surface area (Å²) in [6.45, 7) is 4.22. The Balaban J connectivity index is 2.33. The van der Waals surface area contributed by atoms with E-state index in [9.17, 15) is 4.21 Å². The second-order valence-electron chi connectivity index (χ2n) is 4.96. The molecular weight excluding hydrogens is 246 g/mol. The van der Waals surface area contributed by atoms with Gasteiger partial charge in [0.1, 0.15) is 5.75 Å². The summed E-state index contributed by atoms with van der Waals surface area (Å²) in [6.07, 6.45) is 0.969. The lowest BCUT2D eigenvalue weighted by Crippen LogP contribution is -2.30. The average molecular weight is 267 g/mol. The number of hydrogen-bond acceptors (Lipinski definition) is 3. The van der Waals surface area contributed by atoms with Crippen LogP contribution in [0.1, 0.15) is 30.5 Å². The average Bonchev–Trinajstić information content (AvgIpc) is 2.51. The van der Waals surface area contributed by atoms with Gasteiger partial charge < -0.3 is 10.1 Å². The predicted octanol–water partition coefficient (Wildman–Crippen LogP) is 2.18. The maximum Gasteiger partial charge on any atom is 0.123 e. The molecule has 0 aromatic heterocycles. The molecule has 3 atom stereocenters. The number of ether oxygens (including phenoxy) is 1. The molecule has 4 heteroatoms. The minimum atomic E-state index is -0.744. The Bertz CT molecular complexity index is 447. The summed E-state index contributed by atoms with van der Waals surface area (Å²) in [5, 5.41) is 3.55. The molecule has 1 aromatic rings. The monoisotopic (exact) mass is 267 g/mol. The van der Waals surface area contributed by atoms with Crippen molar-refractivity contribution < 1.29 is 8.95 Å². The van der Waals surface area contributed by atoms with Crippen molar-refractivity contribution in [1.29, 1.82) is 0 Å². The van der Waals surface area contributed by atoms with Gasteiger partial charge in [-0.2, -0.15) is 0 Å². The van der Waals surface area contributed by atoms with E-state index >= 15 is 0 Å². The van der Waals surface area contributed by atoms with Crippen molar-refractivity contribution >= 4 is 10.8 Å². The van der Waals surface area contributed by atoms with Crippen LogP contribution in [0.25, 0.3) is 0 Å². The number of aryl methyl sites for hydroxylation is 1. The molecule has 1 aliphatic heterocycles. The molecule has 1 aliphatic rings. The minimum absolute atomic E-state index is 0.123. The van der Waals surface area contributed by atoms with Crippen LogP contribution in [0.3, 0.4) is 0 Å². The maximum atomic E-state index is 11.9. The molecule has 3 unspecified atom stereocenters. The fourth-order valence-electron chi connectivity index (χ4n) is 2.36. The first-order chi connectivity index (χ1) is 8.60. The van der Waals surface area contributed by atoms with Gasteiger partial charge in [-0.25, -0.2) is 0 Å². The number of hydrogen-bond donors (Lipinski definition) is 1. The molecule has 3 nitrogen and oxygen atoms in total. The van der Waals surface area contributed by atoms with E-state index in [0.29, 0.717) is 11.8 Å². The fourth-order valence-corrected chi connectivity index (χ4v) is 3.79. The summed E-state index contributed by atoms with van der Waals surface area (Å²) in [5.74, 6) is 2.34. The zero-order valence-corrected chi connectivity index (χ0v) is 12.0. The highest BCUT2D eigenvalue weighted by Crippen LogP contribution is 2.28. The van der Waals surface area contributed by atoms with Crippen LogP contribution in [0.2, 0.25) is 0 Å². The lowest BCUT2D eigenvalue weighted by Gasteiger charge is -2.22. The van der Waals surface area contributed by atoms with E-state index in [1.807, 2.05) is 12.1 Å². The van der Waals surface area contributed by atoms with Crippen LogP contribution in [0, 0.1) is 6.92 Å². The summed E-state index contributed by atoms with van der Waals surface area (Å²) in [7, 11) is 0.942.